The van der Waals surface area contributed by atoms with Gasteiger partial charge in [-0.3, -0.25) is 4.79 Å². The first-order valence-electron chi connectivity index (χ1n) is 6.60. The molecule has 0 fully saturated rings. The summed E-state index contributed by atoms with van der Waals surface area (Å²) >= 11 is 6.03. The van der Waals surface area contributed by atoms with Crippen LogP contribution in [-0.2, 0) is 9.84 Å². The number of amides is 1. The second-order valence-corrected chi connectivity index (χ2v) is 7.08. The van der Waals surface area contributed by atoms with Crippen LogP contribution in [0.15, 0.2) is 23.1 Å². The van der Waals surface area contributed by atoms with E-state index in [1.807, 2.05) is 6.92 Å². The molecule has 1 rings (SSSR count). The molecule has 0 bridgehead atoms. The highest BCUT2D eigenvalue weighted by Gasteiger charge is 2.19. The van der Waals surface area contributed by atoms with Crippen molar-refractivity contribution in [1.29, 1.82) is 0 Å². The smallest absolute Gasteiger partial charge is 0.255 e. The van der Waals surface area contributed by atoms with Gasteiger partial charge in [0.1, 0.15) is 0 Å². The second-order valence-electron chi connectivity index (χ2n) is 4.65. The summed E-state index contributed by atoms with van der Waals surface area (Å²) in [5.41, 5.74) is 0.243. The van der Waals surface area contributed by atoms with Crippen LogP contribution in [0.2, 0.25) is 5.02 Å². The molecule has 0 unspecified atom stereocenters. The molecule has 0 aliphatic heterocycles. The number of benzene rings is 1. The molecule has 1 amide bonds. The van der Waals surface area contributed by atoms with Crippen molar-refractivity contribution in [3.63, 3.8) is 0 Å². The fourth-order valence-electron chi connectivity index (χ4n) is 1.82. The lowest BCUT2D eigenvalue weighted by Gasteiger charge is -2.21. The molecule has 0 aromatic heterocycles. The molecule has 112 valence electrons. The molecule has 1 aromatic carbocycles. The Morgan fingerprint density at radius 3 is 2.45 bits per heavy atom. The molecule has 20 heavy (non-hydrogen) atoms. The van der Waals surface area contributed by atoms with Crippen molar-refractivity contribution in [2.75, 3.05) is 19.3 Å². The third-order valence-electron chi connectivity index (χ3n) is 3.05. The minimum atomic E-state index is -3.35. The summed E-state index contributed by atoms with van der Waals surface area (Å²) in [6.45, 7) is 5.15. The van der Waals surface area contributed by atoms with Crippen molar-refractivity contribution in [2.24, 2.45) is 0 Å². The van der Waals surface area contributed by atoms with E-state index >= 15 is 0 Å². The lowest BCUT2D eigenvalue weighted by molar-refractivity contribution is 0.0762. The fraction of sp³-hybridized carbons (Fsp3) is 0.500. The topological polar surface area (TPSA) is 54.5 Å². The summed E-state index contributed by atoms with van der Waals surface area (Å²) in [5.74, 6) is -0.226. The molecule has 1 aromatic rings. The third-order valence-corrected chi connectivity index (χ3v) is 4.49. The van der Waals surface area contributed by atoms with Gasteiger partial charge in [-0.15, -0.1) is 0 Å². The van der Waals surface area contributed by atoms with Gasteiger partial charge in [-0.1, -0.05) is 24.9 Å². The average molecular weight is 318 g/mol. The minimum absolute atomic E-state index is 0.108. The zero-order valence-corrected chi connectivity index (χ0v) is 13.6. The highest BCUT2D eigenvalue weighted by atomic mass is 35.5. The van der Waals surface area contributed by atoms with Crippen LogP contribution in [0.5, 0.6) is 0 Å². The number of hydrogen-bond acceptors (Lipinski definition) is 3. The molecule has 0 aliphatic carbocycles. The monoisotopic (exact) mass is 317 g/mol. The van der Waals surface area contributed by atoms with Gasteiger partial charge in [-0.25, -0.2) is 8.42 Å². The molecule has 0 saturated heterocycles. The summed E-state index contributed by atoms with van der Waals surface area (Å²) in [7, 11) is -3.35. The number of halogens is 1. The van der Waals surface area contributed by atoms with E-state index in [9.17, 15) is 13.2 Å². The number of sulfone groups is 1. The van der Waals surface area contributed by atoms with Crippen LogP contribution in [0.25, 0.3) is 0 Å². The summed E-state index contributed by atoms with van der Waals surface area (Å²) in [6, 6.07) is 4.23. The Bertz CT molecular complexity index is 584. The molecule has 0 aliphatic rings. The molecule has 4 nitrogen and oxygen atoms in total. The number of nitrogens with zero attached hydrogens (tertiary/aromatic N) is 1. The summed E-state index contributed by atoms with van der Waals surface area (Å²) in [6.07, 6.45) is 3.00. The normalized spacial score (nSPS) is 11.4. The van der Waals surface area contributed by atoms with Crippen molar-refractivity contribution in [3.8, 4) is 0 Å². The Balaban J connectivity index is 3.14. The van der Waals surface area contributed by atoms with Gasteiger partial charge >= 0.3 is 0 Å². The predicted molar refractivity (Wildman–Crippen MR) is 81.0 cm³/mol. The Morgan fingerprint density at radius 1 is 1.30 bits per heavy atom. The van der Waals surface area contributed by atoms with E-state index in [0.29, 0.717) is 13.1 Å². The van der Waals surface area contributed by atoms with E-state index in [-0.39, 0.29) is 21.4 Å². The van der Waals surface area contributed by atoms with Crippen LogP contribution >= 0.6 is 11.6 Å². The van der Waals surface area contributed by atoms with Crippen molar-refractivity contribution in [1.82, 2.24) is 4.90 Å². The van der Waals surface area contributed by atoms with Crippen molar-refractivity contribution >= 4 is 27.3 Å². The highest BCUT2D eigenvalue weighted by molar-refractivity contribution is 7.90. The molecule has 0 radical (unpaired) electrons. The Morgan fingerprint density at radius 2 is 1.95 bits per heavy atom. The zero-order valence-electron chi connectivity index (χ0n) is 12.0. The van der Waals surface area contributed by atoms with Crippen LogP contribution in [0, 0.1) is 0 Å². The van der Waals surface area contributed by atoms with Gasteiger partial charge in [0, 0.05) is 19.3 Å². The highest BCUT2D eigenvalue weighted by Crippen LogP contribution is 2.22. The van der Waals surface area contributed by atoms with Gasteiger partial charge in [0.15, 0.2) is 9.84 Å². The van der Waals surface area contributed by atoms with Crippen LogP contribution in [0.3, 0.4) is 0 Å². The van der Waals surface area contributed by atoms with Crippen LogP contribution < -0.4 is 0 Å². The van der Waals surface area contributed by atoms with Crippen molar-refractivity contribution < 1.29 is 13.2 Å². The summed E-state index contributed by atoms with van der Waals surface area (Å²) in [5, 5.41) is 0.275. The Hall–Kier alpha value is -1.07. The average Bonchev–Trinajstić information content (AvgIpc) is 2.38. The van der Waals surface area contributed by atoms with Gasteiger partial charge in [0.05, 0.1) is 15.5 Å². The second kappa shape index (κ2) is 7.09. The Labute approximate surface area is 125 Å². The molecule has 0 atom stereocenters. The van der Waals surface area contributed by atoms with Crippen LogP contribution in [0.4, 0.5) is 0 Å². The number of rotatable bonds is 6. The van der Waals surface area contributed by atoms with E-state index in [0.717, 1.165) is 19.1 Å². The maximum Gasteiger partial charge on any atom is 0.255 e. The maximum atomic E-state index is 12.4. The SMILES string of the molecule is CCCCN(CC)C(=O)c1cc(S(C)(=O)=O)ccc1Cl. The minimum Gasteiger partial charge on any atom is -0.339 e. The molecule has 0 spiro atoms. The number of unbranched alkanes of at least 4 members (excludes halogenated alkanes) is 1. The van der Waals surface area contributed by atoms with Crippen LogP contribution in [-0.4, -0.2) is 38.6 Å². The van der Waals surface area contributed by atoms with E-state index in [4.69, 9.17) is 11.6 Å². The molecular formula is C14H20ClNO3S. The predicted octanol–water partition coefficient (Wildman–Crippen LogP) is 3.01. The molecular weight excluding hydrogens is 298 g/mol. The maximum absolute atomic E-state index is 12.4. The molecule has 0 saturated carbocycles. The number of hydrogen-bond donors (Lipinski definition) is 0. The van der Waals surface area contributed by atoms with Gasteiger partial charge in [0.2, 0.25) is 0 Å². The third kappa shape index (κ3) is 4.21. The number of carbonyl (C=O) groups is 1. The van der Waals surface area contributed by atoms with Gasteiger partial charge in [-0.2, -0.15) is 0 Å². The summed E-state index contributed by atoms with van der Waals surface area (Å²) in [4.78, 5) is 14.2. The first-order chi connectivity index (χ1) is 9.31. The molecule has 0 N–H and O–H groups in total. The van der Waals surface area contributed by atoms with Crippen molar-refractivity contribution in [3.05, 3.63) is 28.8 Å². The fourth-order valence-corrected chi connectivity index (χ4v) is 2.67. The zero-order chi connectivity index (χ0) is 15.3. The first-order valence-corrected chi connectivity index (χ1v) is 8.87. The van der Waals surface area contributed by atoms with Gasteiger partial charge < -0.3 is 4.90 Å². The molecule has 6 heteroatoms. The van der Waals surface area contributed by atoms with Gasteiger partial charge in [0.25, 0.3) is 5.91 Å². The van der Waals surface area contributed by atoms with E-state index < -0.39 is 9.84 Å². The molecule has 0 heterocycles. The van der Waals surface area contributed by atoms with E-state index in [1.165, 1.54) is 18.2 Å². The quantitative estimate of drug-likeness (QED) is 0.810. The lowest BCUT2D eigenvalue weighted by atomic mass is 10.2. The standard InChI is InChI=1S/C14H20ClNO3S/c1-4-6-9-16(5-2)14(17)12-10-11(20(3,18)19)7-8-13(12)15/h7-8,10H,4-6,9H2,1-3H3. The van der Waals surface area contributed by atoms with Crippen LogP contribution in [0.1, 0.15) is 37.0 Å². The van der Waals surface area contributed by atoms with Gasteiger partial charge in [-0.05, 0) is 31.5 Å². The first kappa shape index (κ1) is 17.0. The summed E-state index contributed by atoms with van der Waals surface area (Å²) < 4.78 is 23.1. The van der Waals surface area contributed by atoms with Crippen molar-refractivity contribution in [2.45, 2.75) is 31.6 Å². The largest absolute Gasteiger partial charge is 0.339 e. The van der Waals surface area contributed by atoms with E-state index in [2.05, 4.69) is 6.92 Å². The van der Waals surface area contributed by atoms with E-state index in [1.54, 1.807) is 4.90 Å². The lowest BCUT2D eigenvalue weighted by Crippen LogP contribution is -2.32. The number of carbonyl (C=O) groups excluding carboxylic acids is 1. The Kier molecular flexibility index (Phi) is 6.02.